The molecule has 3 nitrogen and oxygen atoms in total. The van der Waals surface area contributed by atoms with Crippen LogP contribution in [0.1, 0.15) is 5.56 Å². The van der Waals surface area contributed by atoms with Crippen molar-refractivity contribution in [3.63, 3.8) is 0 Å². The molecular weight excluding hydrogens is 217 g/mol. The monoisotopic (exact) mass is 227 g/mol. The highest BCUT2D eigenvalue weighted by Crippen LogP contribution is 2.19. The maximum Gasteiger partial charge on any atom is 0.213 e. The zero-order valence-corrected chi connectivity index (χ0v) is 9.24. The van der Waals surface area contributed by atoms with E-state index in [1.165, 1.54) is 6.07 Å². The van der Waals surface area contributed by atoms with Crippen molar-refractivity contribution in [2.24, 2.45) is 0 Å². The molecule has 0 atom stereocenters. The van der Waals surface area contributed by atoms with Gasteiger partial charge in [-0.1, -0.05) is 12.1 Å². The average Bonchev–Trinajstić information content (AvgIpc) is 2.72. The third kappa shape index (κ3) is 1.78. The summed E-state index contributed by atoms with van der Waals surface area (Å²) in [5, 5.41) is 0. The molecule has 1 N–H and O–H groups in total. The quantitative estimate of drug-likeness (QED) is 0.649. The maximum absolute atomic E-state index is 13.0. The van der Waals surface area contributed by atoms with Gasteiger partial charge >= 0.3 is 0 Å². The van der Waals surface area contributed by atoms with Crippen molar-refractivity contribution < 1.29 is 4.39 Å². The zero-order chi connectivity index (χ0) is 11.8. The summed E-state index contributed by atoms with van der Waals surface area (Å²) in [6, 6.07) is 10.6. The Morgan fingerprint density at radius 3 is 2.82 bits per heavy atom. The molecule has 0 saturated carbocycles. The number of rotatable bonds is 1. The van der Waals surface area contributed by atoms with Crippen molar-refractivity contribution in [2.45, 2.75) is 6.92 Å². The molecule has 0 fully saturated rings. The average molecular weight is 227 g/mol. The third-order valence-electron chi connectivity index (χ3n) is 2.60. The number of halogens is 1. The largest absolute Gasteiger partial charge is 0.337 e. The summed E-state index contributed by atoms with van der Waals surface area (Å²) < 4.78 is 13.0. The summed E-state index contributed by atoms with van der Waals surface area (Å²) in [7, 11) is 0. The molecule has 84 valence electrons. The number of nitrogens with zero attached hydrogens (tertiary/aromatic N) is 2. The number of hydrogen-bond donors (Lipinski definition) is 1. The molecule has 17 heavy (non-hydrogen) atoms. The number of nitrogens with one attached hydrogen (secondary N) is 1. The molecule has 0 saturated heterocycles. The summed E-state index contributed by atoms with van der Waals surface area (Å²) in [6.07, 6.45) is 0. The van der Waals surface area contributed by atoms with Gasteiger partial charge in [0.05, 0.1) is 11.0 Å². The Morgan fingerprint density at radius 1 is 1.12 bits per heavy atom. The summed E-state index contributed by atoms with van der Waals surface area (Å²) in [6.45, 7) is 2.01. The first-order valence-electron chi connectivity index (χ1n) is 5.32. The number of hydrogen-bond acceptors (Lipinski definition) is 2. The van der Waals surface area contributed by atoms with Crippen molar-refractivity contribution in [3.8, 4) is 11.5 Å². The van der Waals surface area contributed by atoms with E-state index in [2.05, 4.69) is 15.0 Å². The highest BCUT2D eigenvalue weighted by molar-refractivity contribution is 5.79. The van der Waals surface area contributed by atoms with E-state index in [1.54, 1.807) is 12.1 Å². The normalized spacial score (nSPS) is 10.9. The van der Waals surface area contributed by atoms with Crippen molar-refractivity contribution in [1.29, 1.82) is 0 Å². The lowest BCUT2D eigenvalue weighted by Gasteiger charge is -1.94. The minimum atomic E-state index is -0.501. The van der Waals surface area contributed by atoms with E-state index >= 15 is 0 Å². The van der Waals surface area contributed by atoms with Gasteiger partial charge < -0.3 is 4.98 Å². The second-order valence-corrected chi connectivity index (χ2v) is 3.95. The first kappa shape index (κ1) is 9.96. The Kier molecular flexibility index (Phi) is 2.14. The van der Waals surface area contributed by atoms with Crippen LogP contribution in [0.2, 0.25) is 0 Å². The van der Waals surface area contributed by atoms with Crippen molar-refractivity contribution in [2.75, 3.05) is 0 Å². The van der Waals surface area contributed by atoms with Gasteiger partial charge in [-0.25, -0.2) is 9.97 Å². The predicted molar refractivity (Wildman–Crippen MR) is 64.0 cm³/mol. The molecule has 1 aromatic carbocycles. The third-order valence-corrected chi connectivity index (χ3v) is 2.60. The molecule has 0 aliphatic rings. The van der Waals surface area contributed by atoms with Crippen LogP contribution in [0, 0.1) is 12.9 Å². The second-order valence-electron chi connectivity index (χ2n) is 3.95. The van der Waals surface area contributed by atoms with Crippen LogP contribution in [0.15, 0.2) is 36.4 Å². The number of H-pyrrole nitrogens is 1. The smallest absolute Gasteiger partial charge is 0.213 e. The van der Waals surface area contributed by atoms with E-state index in [-0.39, 0.29) is 0 Å². The lowest BCUT2D eigenvalue weighted by molar-refractivity contribution is 0.585. The van der Waals surface area contributed by atoms with Gasteiger partial charge in [0.15, 0.2) is 5.82 Å². The minimum Gasteiger partial charge on any atom is -0.337 e. The summed E-state index contributed by atoms with van der Waals surface area (Å²) >= 11 is 0. The Balaban J connectivity index is 2.18. The highest BCUT2D eigenvalue weighted by atomic mass is 19.1. The standard InChI is InChI=1S/C13H10FN3/c1-8-5-6-9-11(7-8)17-13(16-9)10-3-2-4-12(14)15-10/h2-7H,1H3,(H,16,17). The first-order chi connectivity index (χ1) is 8.22. The molecule has 3 aromatic rings. The molecule has 0 aliphatic carbocycles. The number of imidazole rings is 1. The second kappa shape index (κ2) is 3.66. The number of aromatic amines is 1. The number of benzene rings is 1. The zero-order valence-electron chi connectivity index (χ0n) is 9.24. The Morgan fingerprint density at radius 2 is 2.00 bits per heavy atom. The topological polar surface area (TPSA) is 41.6 Å². The minimum absolute atomic E-state index is 0.501. The summed E-state index contributed by atoms with van der Waals surface area (Å²) in [5.41, 5.74) is 3.46. The van der Waals surface area contributed by atoms with E-state index in [1.807, 2.05) is 25.1 Å². The summed E-state index contributed by atoms with van der Waals surface area (Å²) in [5.74, 6) is 0.0873. The van der Waals surface area contributed by atoms with Crippen LogP contribution < -0.4 is 0 Å². The first-order valence-corrected chi connectivity index (χ1v) is 5.32. The Labute approximate surface area is 97.3 Å². The van der Waals surface area contributed by atoms with Crippen LogP contribution >= 0.6 is 0 Å². The van der Waals surface area contributed by atoms with Gasteiger partial charge in [0.25, 0.3) is 0 Å². The molecule has 2 aromatic heterocycles. The molecule has 0 bridgehead atoms. The molecule has 3 rings (SSSR count). The highest BCUT2D eigenvalue weighted by Gasteiger charge is 2.06. The molecular formula is C13H10FN3. The van der Waals surface area contributed by atoms with E-state index in [9.17, 15) is 4.39 Å². The molecule has 0 spiro atoms. The molecule has 0 unspecified atom stereocenters. The van der Waals surface area contributed by atoms with Crippen molar-refractivity contribution in [1.82, 2.24) is 15.0 Å². The van der Waals surface area contributed by atoms with E-state index in [0.29, 0.717) is 11.5 Å². The van der Waals surface area contributed by atoms with E-state index in [0.717, 1.165) is 16.6 Å². The fourth-order valence-corrected chi connectivity index (χ4v) is 1.78. The van der Waals surface area contributed by atoms with E-state index in [4.69, 9.17) is 0 Å². The lowest BCUT2D eigenvalue weighted by atomic mass is 10.2. The number of aryl methyl sites for hydroxylation is 1. The van der Waals surface area contributed by atoms with Crippen LogP contribution in [-0.2, 0) is 0 Å². The van der Waals surface area contributed by atoms with Crippen molar-refractivity contribution in [3.05, 3.63) is 47.9 Å². The fourth-order valence-electron chi connectivity index (χ4n) is 1.78. The van der Waals surface area contributed by atoms with Gasteiger partial charge in [-0.05, 0) is 36.8 Å². The summed E-state index contributed by atoms with van der Waals surface area (Å²) in [4.78, 5) is 11.3. The van der Waals surface area contributed by atoms with Crippen molar-refractivity contribution >= 4 is 11.0 Å². The van der Waals surface area contributed by atoms with Gasteiger partial charge in [0.1, 0.15) is 5.69 Å². The maximum atomic E-state index is 13.0. The van der Waals surface area contributed by atoms with Gasteiger partial charge in [-0.2, -0.15) is 4.39 Å². The predicted octanol–water partition coefficient (Wildman–Crippen LogP) is 3.07. The Bertz CT molecular complexity index is 688. The molecule has 0 radical (unpaired) electrons. The molecule has 0 amide bonds. The molecule has 4 heteroatoms. The van der Waals surface area contributed by atoms with Crippen LogP contribution in [0.25, 0.3) is 22.6 Å². The lowest BCUT2D eigenvalue weighted by Crippen LogP contribution is -1.88. The van der Waals surface area contributed by atoms with Gasteiger partial charge in [-0.3, -0.25) is 0 Å². The van der Waals surface area contributed by atoms with Gasteiger partial charge in [-0.15, -0.1) is 0 Å². The Hall–Kier alpha value is -2.23. The van der Waals surface area contributed by atoms with Crippen LogP contribution in [0.5, 0.6) is 0 Å². The fraction of sp³-hybridized carbons (Fsp3) is 0.0769. The van der Waals surface area contributed by atoms with E-state index < -0.39 is 5.95 Å². The molecule has 0 aliphatic heterocycles. The SMILES string of the molecule is Cc1ccc2nc(-c3cccc(F)n3)[nH]c2c1. The van der Waals surface area contributed by atoms with Crippen LogP contribution in [0.4, 0.5) is 4.39 Å². The van der Waals surface area contributed by atoms with Gasteiger partial charge in [0, 0.05) is 0 Å². The number of pyridine rings is 1. The number of aromatic nitrogens is 3. The van der Waals surface area contributed by atoms with Crippen LogP contribution in [0.3, 0.4) is 0 Å². The van der Waals surface area contributed by atoms with Crippen LogP contribution in [-0.4, -0.2) is 15.0 Å². The van der Waals surface area contributed by atoms with Gasteiger partial charge in [0.2, 0.25) is 5.95 Å². The molecule has 2 heterocycles. The number of fused-ring (bicyclic) bond motifs is 1.